The van der Waals surface area contributed by atoms with Gasteiger partial charge in [-0.15, -0.1) is 0 Å². The maximum atomic E-state index is 11.5. The number of sulfone groups is 1. The van der Waals surface area contributed by atoms with Crippen molar-refractivity contribution in [3.63, 3.8) is 0 Å². The molecular formula is C13H14Cl2O4S. The average molecular weight is 337 g/mol. The molecule has 0 radical (unpaired) electrons. The van der Waals surface area contributed by atoms with Crippen molar-refractivity contribution < 1.29 is 18.3 Å². The lowest BCUT2D eigenvalue weighted by atomic mass is 9.86. The average Bonchev–Trinajstić information content (AvgIpc) is 2.70. The van der Waals surface area contributed by atoms with Gasteiger partial charge in [-0.1, -0.05) is 29.3 Å². The van der Waals surface area contributed by atoms with Gasteiger partial charge in [0.25, 0.3) is 0 Å². The summed E-state index contributed by atoms with van der Waals surface area (Å²) < 4.78 is 23.0. The van der Waals surface area contributed by atoms with Crippen LogP contribution in [0.3, 0.4) is 0 Å². The highest BCUT2D eigenvalue weighted by atomic mass is 35.5. The molecule has 0 aromatic heterocycles. The lowest BCUT2D eigenvalue weighted by Gasteiger charge is -2.18. The first kappa shape index (κ1) is 15.6. The molecule has 0 amide bonds. The number of rotatable bonds is 4. The van der Waals surface area contributed by atoms with E-state index in [1.165, 1.54) is 0 Å². The van der Waals surface area contributed by atoms with Crippen LogP contribution in [0.1, 0.15) is 12.0 Å². The molecule has 1 aliphatic rings. The van der Waals surface area contributed by atoms with Gasteiger partial charge >= 0.3 is 5.97 Å². The summed E-state index contributed by atoms with van der Waals surface area (Å²) in [4.78, 5) is 11.4. The maximum absolute atomic E-state index is 11.5. The summed E-state index contributed by atoms with van der Waals surface area (Å²) in [6, 6.07) is 4.96. The third-order valence-electron chi connectivity index (χ3n) is 3.59. The molecule has 1 aromatic carbocycles. The predicted octanol–water partition coefficient (Wildman–Crippen LogP) is 2.67. The van der Waals surface area contributed by atoms with Crippen LogP contribution in [0.15, 0.2) is 18.2 Å². The predicted molar refractivity (Wildman–Crippen MR) is 78.1 cm³/mol. The quantitative estimate of drug-likeness (QED) is 0.917. The van der Waals surface area contributed by atoms with E-state index in [0.29, 0.717) is 16.5 Å². The zero-order chi connectivity index (χ0) is 14.9. The van der Waals surface area contributed by atoms with E-state index in [9.17, 15) is 18.3 Å². The van der Waals surface area contributed by atoms with Gasteiger partial charge in [0.15, 0.2) is 9.84 Å². The Morgan fingerprint density at radius 3 is 2.55 bits per heavy atom. The second-order valence-electron chi connectivity index (χ2n) is 5.06. The Kier molecular flexibility index (Phi) is 4.62. The number of hydrogen-bond donors (Lipinski definition) is 1. The standard InChI is InChI=1S/C13H14Cl2O4S/c14-11-2-1-8(6-12(11)15)5-10(13(16)17)9-3-4-20(18,19)7-9/h1-2,6,9-10H,3-5,7H2,(H,16,17). The molecule has 1 N–H and O–H groups in total. The highest BCUT2D eigenvalue weighted by molar-refractivity contribution is 7.91. The normalized spacial score (nSPS) is 22.6. The van der Waals surface area contributed by atoms with Crippen LogP contribution < -0.4 is 0 Å². The maximum Gasteiger partial charge on any atom is 0.307 e. The van der Waals surface area contributed by atoms with Gasteiger partial charge in [0.05, 0.1) is 27.5 Å². The number of carbonyl (C=O) groups is 1. The number of benzene rings is 1. The molecule has 1 aliphatic heterocycles. The molecule has 20 heavy (non-hydrogen) atoms. The molecule has 1 heterocycles. The van der Waals surface area contributed by atoms with E-state index in [-0.39, 0.29) is 23.8 Å². The Bertz CT molecular complexity index is 627. The summed E-state index contributed by atoms with van der Waals surface area (Å²) in [6.45, 7) is 0. The smallest absolute Gasteiger partial charge is 0.307 e. The largest absolute Gasteiger partial charge is 0.481 e. The van der Waals surface area contributed by atoms with E-state index < -0.39 is 21.7 Å². The summed E-state index contributed by atoms with van der Waals surface area (Å²) >= 11 is 11.7. The van der Waals surface area contributed by atoms with Gasteiger partial charge in [0.2, 0.25) is 0 Å². The minimum Gasteiger partial charge on any atom is -0.481 e. The zero-order valence-corrected chi connectivity index (χ0v) is 12.9. The Morgan fingerprint density at radius 2 is 2.05 bits per heavy atom. The molecule has 7 heteroatoms. The van der Waals surface area contributed by atoms with Crippen molar-refractivity contribution in [3.8, 4) is 0 Å². The summed E-state index contributed by atoms with van der Waals surface area (Å²) in [5.41, 5.74) is 0.746. The van der Waals surface area contributed by atoms with Gasteiger partial charge in [0, 0.05) is 0 Å². The van der Waals surface area contributed by atoms with Crippen molar-refractivity contribution in [2.75, 3.05) is 11.5 Å². The van der Waals surface area contributed by atoms with Gasteiger partial charge in [-0.2, -0.15) is 0 Å². The van der Waals surface area contributed by atoms with Crippen LogP contribution in [0.2, 0.25) is 10.0 Å². The van der Waals surface area contributed by atoms with Crippen molar-refractivity contribution in [2.24, 2.45) is 11.8 Å². The van der Waals surface area contributed by atoms with Gasteiger partial charge in [-0.25, -0.2) is 8.42 Å². The first-order chi connectivity index (χ1) is 9.28. The van der Waals surface area contributed by atoms with Crippen LogP contribution in [0.5, 0.6) is 0 Å². The van der Waals surface area contributed by atoms with E-state index in [0.717, 1.165) is 5.56 Å². The molecule has 1 fully saturated rings. The topological polar surface area (TPSA) is 71.4 Å². The van der Waals surface area contributed by atoms with Crippen LogP contribution in [0.25, 0.3) is 0 Å². The highest BCUT2D eigenvalue weighted by Crippen LogP contribution is 2.30. The fourth-order valence-corrected chi connectivity index (χ4v) is 4.72. The summed E-state index contributed by atoms with van der Waals surface area (Å²) in [5.74, 6) is -2.01. The molecule has 0 saturated carbocycles. The number of hydrogen-bond acceptors (Lipinski definition) is 3. The number of aliphatic carboxylic acids is 1. The Hall–Kier alpha value is -0.780. The van der Waals surface area contributed by atoms with E-state index in [1.54, 1.807) is 18.2 Å². The molecule has 4 nitrogen and oxygen atoms in total. The van der Waals surface area contributed by atoms with Crippen molar-refractivity contribution in [1.82, 2.24) is 0 Å². The minimum absolute atomic E-state index is 0.0503. The summed E-state index contributed by atoms with van der Waals surface area (Å²) in [7, 11) is -3.09. The van der Waals surface area contributed by atoms with Crippen molar-refractivity contribution in [1.29, 1.82) is 0 Å². The summed E-state index contributed by atoms with van der Waals surface area (Å²) in [5, 5.41) is 10.1. The molecule has 0 aliphatic carbocycles. The lowest BCUT2D eigenvalue weighted by Crippen LogP contribution is -2.26. The number of carboxylic acids is 1. The second kappa shape index (κ2) is 5.92. The zero-order valence-electron chi connectivity index (χ0n) is 10.6. The molecule has 0 spiro atoms. The molecule has 2 atom stereocenters. The Balaban J connectivity index is 2.18. The van der Waals surface area contributed by atoms with Crippen molar-refractivity contribution in [2.45, 2.75) is 12.8 Å². The fourth-order valence-electron chi connectivity index (χ4n) is 2.52. The Morgan fingerprint density at radius 1 is 1.35 bits per heavy atom. The van der Waals surface area contributed by atoms with Gasteiger partial charge in [0.1, 0.15) is 0 Å². The van der Waals surface area contributed by atoms with Gasteiger partial charge < -0.3 is 5.11 Å². The van der Waals surface area contributed by atoms with Crippen LogP contribution in [0.4, 0.5) is 0 Å². The fraction of sp³-hybridized carbons (Fsp3) is 0.462. The van der Waals surface area contributed by atoms with Crippen molar-refractivity contribution >= 4 is 39.0 Å². The van der Waals surface area contributed by atoms with Crippen LogP contribution in [0, 0.1) is 11.8 Å². The third kappa shape index (κ3) is 3.65. The monoisotopic (exact) mass is 336 g/mol. The van der Waals surface area contributed by atoms with Crippen LogP contribution >= 0.6 is 23.2 Å². The molecular weight excluding hydrogens is 323 g/mol. The highest BCUT2D eigenvalue weighted by Gasteiger charge is 2.37. The summed E-state index contributed by atoms with van der Waals surface area (Å²) in [6.07, 6.45) is 0.660. The van der Waals surface area contributed by atoms with Crippen LogP contribution in [-0.4, -0.2) is 31.0 Å². The van der Waals surface area contributed by atoms with E-state index in [4.69, 9.17) is 23.2 Å². The molecule has 1 aromatic rings. The number of carboxylic acid groups (broad SMARTS) is 1. The second-order valence-corrected chi connectivity index (χ2v) is 8.10. The molecule has 0 bridgehead atoms. The van der Waals surface area contributed by atoms with Gasteiger partial charge in [-0.3, -0.25) is 4.79 Å². The van der Waals surface area contributed by atoms with E-state index >= 15 is 0 Å². The first-order valence-electron chi connectivity index (χ1n) is 6.15. The number of halogens is 2. The lowest BCUT2D eigenvalue weighted by molar-refractivity contribution is -0.143. The molecule has 1 saturated heterocycles. The van der Waals surface area contributed by atoms with Crippen molar-refractivity contribution in [3.05, 3.63) is 33.8 Å². The van der Waals surface area contributed by atoms with E-state index in [1.807, 2.05) is 0 Å². The van der Waals surface area contributed by atoms with Crippen LogP contribution in [-0.2, 0) is 21.1 Å². The third-order valence-corrected chi connectivity index (χ3v) is 6.13. The SMILES string of the molecule is O=C(O)C(Cc1ccc(Cl)c(Cl)c1)C1CCS(=O)(=O)C1. The van der Waals surface area contributed by atoms with Gasteiger partial charge in [-0.05, 0) is 36.5 Å². The van der Waals surface area contributed by atoms with E-state index in [2.05, 4.69) is 0 Å². The molecule has 110 valence electrons. The molecule has 2 rings (SSSR count). The minimum atomic E-state index is -3.09. The molecule has 2 unspecified atom stereocenters. The first-order valence-corrected chi connectivity index (χ1v) is 8.73. The Labute approximate surface area is 127 Å².